The van der Waals surface area contributed by atoms with Crippen LogP contribution in [-0.2, 0) is 7.05 Å². The lowest BCUT2D eigenvalue weighted by Gasteiger charge is -2.11. The highest BCUT2D eigenvalue weighted by molar-refractivity contribution is 5.83. The molecule has 4 heteroatoms. The topological polar surface area (TPSA) is 33.2 Å². The SMILES string of the molecule is CN(C)c1ccc(/C=C/c2ccc3cc(-c4nc5ccccc5o4)ccc3[n+]2C)cc1. The maximum atomic E-state index is 5.94. The number of aromatic nitrogens is 2. The van der Waals surface area contributed by atoms with Crippen LogP contribution in [0.3, 0.4) is 0 Å². The molecular formula is C27H24N3O+. The second-order valence-corrected chi connectivity index (χ2v) is 7.90. The molecule has 3 aromatic carbocycles. The van der Waals surface area contributed by atoms with Crippen LogP contribution in [0.5, 0.6) is 0 Å². The Hall–Kier alpha value is -3.92. The van der Waals surface area contributed by atoms with E-state index < -0.39 is 0 Å². The van der Waals surface area contributed by atoms with Gasteiger partial charge in [-0.1, -0.05) is 24.3 Å². The summed E-state index contributed by atoms with van der Waals surface area (Å²) in [6.45, 7) is 0. The zero-order valence-corrected chi connectivity index (χ0v) is 17.9. The van der Waals surface area contributed by atoms with E-state index in [1.165, 1.54) is 11.3 Å². The molecule has 0 spiro atoms. The van der Waals surface area contributed by atoms with Crippen LogP contribution in [0.4, 0.5) is 5.69 Å². The number of oxazole rings is 1. The van der Waals surface area contributed by atoms with E-state index in [1.54, 1.807) is 0 Å². The van der Waals surface area contributed by atoms with Gasteiger partial charge in [-0.2, -0.15) is 4.57 Å². The van der Waals surface area contributed by atoms with Crippen LogP contribution in [0.15, 0.2) is 83.3 Å². The van der Waals surface area contributed by atoms with Crippen LogP contribution >= 0.6 is 0 Å². The van der Waals surface area contributed by atoms with Gasteiger partial charge in [0, 0.05) is 48.9 Å². The van der Waals surface area contributed by atoms with Crippen molar-refractivity contribution < 1.29 is 8.98 Å². The lowest BCUT2D eigenvalue weighted by Crippen LogP contribution is -2.32. The Labute approximate surface area is 181 Å². The van der Waals surface area contributed by atoms with Gasteiger partial charge in [-0.25, -0.2) is 4.98 Å². The van der Waals surface area contributed by atoms with E-state index >= 15 is 0 Å². The molecule has 0 atom stereocenters. The number of anilines is 1. The van der Waals surface area contributed by atoms with E-state index in [0.29, 0.717) is 5.89 Å². The number of rotatable bonds is 4. The average molecular weight is 407 g/mol. The minimum Gasteiger partial charge on any atom is -0.436 e. The summed E-state index contributed by atoms with van der Waals surface area (Å²) >= 11 is 0. The van der Waals surface area contributed by atoms with Gasteiger partial charge in [-0.15, -0.1) is 0 Å². The molecule has 0 amide bonds. The van der Waals surface area contributed by atoms with Gasteiger partial charge in [0.2, 0.25) is 17.1 Å². The third-order valence-electron chi connectivity index (χ3n) is 5.61. The second kappa shape index (κ2) is 7.73. The first-order valence-electron chi connectivity index (χ1n) is 10.3. The fourth-order valence-electron chi connectivity index (χ4n) is 3.78. The summed E-state index contributed by atoms with van der Waals surface area (Å²) in [4.78, 5) is 6.73. The molecular weight excluding hydrogens is 382 g/mol. The zero-order chi connectivity index (χ0) is 21.4. The minimum absolute atomic E-state index is 0.649. The number of hydrogen-bond donors (Lipinski definition) is 0. The highest BCUT2D eigenvalue weighted by Crippen LogP contribution is 2.26. The number of para-hydroxylation sites is 2. The normalized spacial score (nSPS) is 11.6. The quantitative estimate of drug-likeness (QED) is 0.359. The van der Waals surface area contributed by atoms with E-state index in [9.17, 15) is 0 Å². The molecule has 0 bridgehead atoms. The molecule has 2 aromatic heterocycles. The van der Waals surface area contributed by atoms with Gasteiger partial charge in [0.25, 0.3) is 0 Å². The minimum atomic E-state index is 0.649. The predicted molar refractivity (Wildman–Crippen MR) is 128 cm³/mol. The molecule has 0 N–H and O–H groups in total. The van der Waals surface area contributed by atoms with Crippen LogP contribution in [0.1, 0.15) is 11.3 Å². The number of nitrogens with zero attached hydrogens (tertiary/aromatic N) is 3. The Kier molecular flexibility index (Phi) is 4.75. The van der Waals surface area contributed by atoms with Crippen LogP contribution in [0, 0.1) is 0 Å². The number of benzene rings is 3. The Bertz CT molecular complexity index is 1380. The second-order valence-electron chi connectivity index (χ2n) is 7.90. The van der Waals surface area contributed by atoms with E-state index in [4.69, 9.17) is 4.42 Å². The van der Waals surface area contributed by atoms with Crippen molar-refractivity contribution in [1.29, 1.82) is 0 Å². The van der Waals surface area contributed by atoms with Gasteiger partial charge in [0.05, 0.1) is 0 Å². The van der Waals surface area contributed by atoms with Crippen molar-refractivity contribution in [3.63, 3.8) is 0 Å². The number of hydrogen-bond acceptors (Lipinski definition) is 3. The summed E-state index contributed by atoms with van der Waals surface area (Å²) in [5.74, 6) is 0.649. The van der Waals surface area contributed by atoms with Gasteiger partial charge < -0.3 is 9.32 Å². The summed E-state index contributed by atoms with van der Waals surface area (Å²) in [7, 11) is 6.20. The molecule has 0 fully saturated rings. The third kappa shape index (κ3) is 3.68. The van der Waals surface area contributed by atoms with Crippen molar-refractivity contribution in [2.45, 2.75) is 0 Å². The molecule has 0 unspecified atom stereocenters. The van der Waals surface area contributed by atoms with E-state index in [0.717, 1.165) is 33.3 Å². The Balaban J connectivity index is 1.46. The summed E-state index contributed by atoms with van der Waals surface area (Å²) in [6.07, 6.45) is 4.30. The van der Waals surface area contributed by atoms with Gasteiger partial charge in [-0.3, -0.25) is 0 Å². The van der Waals surface area contributed by atoms with Crippen molar-refractivity contribution in [2.24, 2.45) is 7.05 Å². The zero-order valence-electron chi connectivity index (χ0n) is 17.9. The molecule has 0 saturated heterocycles. The van der Waals surface area contributed by atoms with Crippen molar-refractivity contribution in [3.05, 3.63) is 90.1 Å². The molecule has 2 heterocycles. The van der Waals surface area contributed by atoms with Gasteiger partial charge in [-0.05, 0) is 54.1 Å². The van der Waals surface area contributed by atoms with Crippen LogP contribution in [0.25, 0.3) is 45.6 Å². The largest absolute Gasteiger partial charge is 0.436 e. The Morgan fingerprint density at radius 2 is 1.68 bits per heavy atom. The van der Waals surface area contributed by atoms with Crippen LogP contribution < -0.4 is 9.47 Å². The lowest BCUT2D eigenvalue weighted by atomic mass is 10.1. The summed E-state index contributed by atoms with van der Waals surface area (Å²) in [5, 5.41) is 1.15. The highest BCUT2D eigenvalue weighted by Gasteiger charge is 2.13. The van der Waals surface area contributed by atoms with Crippen molar-refractivity contribution >= 4 is 39.8 Å². The first-order valence-corrected chi connectivity index (χ1v) is 10.3. The summed E-state index contributed by atoms with van der Waals surface area (Å²) in [6, 6.07) is 27.0. The van der Waals surface area contributed by atoms with Crippen LogP contribution in [0.2, 0.25) is 0 Å². The highest BCUT2D eigenvalue weighted by atomic mass is 16.3. The molecule has 5 rings (SSSR count). The molecule has 0 radical (unpaired) electrons. The fourth-order valence-corrected chi connectivity index (χ4v) is 3.78. The maximum Gasteiger partial charge on any atom is 0.227 e. The maximum absolute atomic E-state index is 5.94. The molecule has 0 aliphatic heterocycles. The van der Waals surface area contributed by atoms with Crippen LogP contribution in [-0.4, -0.2) is 19.1 Å². The van der Waals surface area contributed by atoms with Crippen molar-refractivity contribution in [2.75, 3.05) is 19.0 Å². The molecule has 0 saturated carbocycles. The molecule has 5 aromatic rings. The third-order valence-corrected chi connectivity index (χ3v) is 5.61. The summed E-state index contributed by atoms with van der Waals surface area (Å²) < 4.78 is 8.14. The van der Waals surface area contributed by atoms with Crippen molar-refractivity contribution in [3.8, 4) is 11.5 Å². The number of aryl methyl sites for hydroxylation is 1. The first kappa shape index (κ1) is 19.1. The molecule has 4 nitrogen and oxygen atoms in total. The number of fused-ring (bicyclic) bond motifs is 2. The smallest absolute Gasteiger partial charge is 0.227 e. The molecule has 152 valence electrons. The molecule has 0 aliphatic carbocycles. The van der Waals surface area contributed by atoms with E-state index in [-0.39, 0.29) is 0 Å². The van der Waals surface area contributed by atoms with E-state index in [2.05, 4.69) is 102 Å². The standard InChI is InChI=1S/C27H24N3O/c1-29(2)22-13-8-19(9-14-22)10-15-23-16-11-20-18-21(12-17-25(20)30(23)3)27-28-24-6-4-5-7-26(24)31-27/h4-18H,1-3H3/q+1. The van der Waals surface area contributed by atoms with Crippen molar-refractivity contribution in [1.82, 2.24) is 4.98 Å². The first-order chi connectivity index (χ1) is 15.1. The fraction of sp³-hybridized carbons (Fsp3) is 0.111. The molecule has 31 heavy (non-hydrogen) atoms. The average Bonchev–Trinajstić information content (AvgIpc) is 3.23. The number of pyridine rings is 1. The lowest BCUT2D eigenvalue weighted by molar-refractivity contribution is -0.646. The summed E-state index contributed by atoms with van der Waals surface area (Å²) in [5.41, 5.74) is 7.33. The predicted octanol–water partition coefficient (Wildman–Crippen LogP) is 5.71. The monoisotopic (exact) mass is 406 g/mol. The Morgan fingerprint density at radius 3 is 2.45 bits per heavy atom. The molecule has 0 aliphatic rings. The van der Waals surface area contributed by atoms with Gasteiger partial charge in [0.1, 0.15) is 12.6 Å². The van der Waals surface area contributed by atoms with E-state index in [1.807, 2.05) is 24.3 Å². The van der Waals surface area contributed by atoms with Gasteiger partial charge >= 0.3 is 0 Å². The Morgan fingerprint density at radius 1 is 0.871 bits per heavy atom. The van der Waals surface area contributed by atoms with Gasteiger partial charge in [0.15, 0.2) is 5.58 Å².